The molecule has 0 saturated carbocycles. The Morgan fingerprint density at radius 3 is 2.62 bits per heavy atom. The van der Waals surface area contributed by atoms with Crippen LogP contribution in [-0.4, -0.2) is 48.7 Å². The van der Waals surface area contributed by atoms with Crippen molar-refractivity contribution in [3.63, 3.8) is 0 Å². The number of rotatable bonds is 9. The van der Waals surface area contributed by atoms with Gasteiger partial charge < -0.3 is 4.90 Å². The summed E-state index contributed by atoms with van der Waals surface area (Å²) >= 11 is 6.89. The summed E-state index contributed by atoms with van der Waals surface area (Å²) in [6.45, 7) is 3.55. The van der Waals surface area contributed by atoms with Gasteiger partial charge in [-0.25, -0.2) is 4.98 Å². The SMILES string of the molecule is Cc1ccc(SCCCC(=O)N(CCN(C)C)c2nc3ccc(Br)cc3s2)cc1. The highest BCUT2D eigenvalue weighted by Crippen LogP contribution is 2.31. The third-order valence-corrected chi connectivity index (χ3v) is 7.10. The first-order valence-electron chi connectivity index (χ1n) is 9.63. The summed E-state index contributed by atoms with van der Waals surface area (Å²) in [4.78, 5) is 22.9. The van der Waals surface area contributed by atoms with Gasteiger partial charge in [-0.05, 0) is 63.5 Å². The lowest BCUT2D eigenvalue weighted by atomic mass is 10.2. The Kier molecular flexibility index (Phi) is 8.12. The third kappa shape index (κ3) is 6.54. The summed E-state index contributed by atoms with van der Waals surface area (Å²) in [6, 6.07) is 14.6. The minimum Gasteiger partial charge on any atom is -0.308 e. The zero-order chi connectivity index (χ0) is 20.8. The molecule has 1 aromatic heterocycles. The molecule has 0 bridgehead atoms. The molecule has 2 aromatic carbocycles. The number of aromatic nitrogens is 1. The Balaban J connectivity index is 1.63. The normalized spacial score (nSPS) is 11.3. The number of thioether (sulfide) groups is 1. The highest BCUT2D eigenvalue weighted by molar-refractivity contribution is 9.10. The molecule has 4 nitrogen and oxygen atoms in total. The van der Waals surface area contributed by atoms with E-state index in [9.17, 15) is 4.79 Å². The number of carbonyl (C=O) groups is 1. The third-order valence-electron chi connectivity index (χ3n) is 4.47. The molecule has 0 aliphatic rings. The Bertz CT molecular complexity index is 956. The van der Waals surface area contributed by atoms with Gasteiger partial charge in [0.05, 0.1) is 10.2 Å². The molecule has 1 heterocycles. The molecule has 0 aliphatic heterocycles. The van der Waals surface area contributed by atoms with E-state index in [0.29, 0.717) is 13.0 Å². The summed E-state index contributed by atoms with van der Waals surface area (Å²) in [7, 11) is 4.05. The zero-order valence-electron chi connectivity index (χ0n) is 17.0. The van der Waals surface area contributed by atoms with Gasteiger partial charge in [0.2, 0.25) is 5.91 Å². The fourth-order valence-corrected chi connectivity index (χ4v) is 5.23. The number of halogens is 1. The number of nitrogens with zero attached hydrogens (tertiary/aromatic N) is 3. The van der Waals surface area contributed by atoms with Crippen LogP contribution in [0.5, 0.6) is 0 Å². The van der Waals surface area contributed by atoms with Gasteiger partial charge in [-0.3, -0.25) is 9.69 Å². The van der Waals surface area contributed by atoms with Gasteiger partial charge in [-0.15, -0.1) is 11.8 Å². The van der Waals surface area contributed by atoms with E-state index >= 15 is 0 Å². The fraction of sp³-hybridized carbons (Fsp3) is 0.364. The van der Waals surface area contributed by atoms with Crippen molar-refractivity contribution < 1.29 is 4.79 Å². The molecule has 0 spiro atoms. The van der Waals surface area contributed by atoms with Crippen LogP contribution < -0.4 is 4.90 Å². The smallest absolute Gasteiger partial charge is 0.228 e. The largest absolute Gasteiger partial charge is 0.308 e. The van der Waals surface area contributed by atoms with Crippen LogP contribution in [0, 0.1) is 6.92 Å². The van der Waals surface area contributed by atoms with Crippen LogP contribution >= 0.6 is 39.0 Å². The van der Waals surface area contributed by atoms with E-state index in [-0.39, 0.29) is 5.91 Å². The first kappa shape index (κ1) is 22.3. The lowest BCUT2D eigenvalue weighted by Gasteiger charge is -2.22. The highest BCUT2D eigenvalue weighted by atomic mass is 79.9. The summed E-state index contributed by atoms with van der Waals surface area (Å²) in [6.07, 6.45) is 1.39. The molecule has 3 rings (SSSR count). The first-order chi connectivity index (χ1) is 13.9. The molecule has 1 amide bonds. The standard InChI is InChI=1S/C22H26BrN3OS2/c1-16-6-9-18(10-7-16)28-14-4-5-21(27)26(13-12-25(2)3)22-24-19-11-8-17(23)15-20(19)29-22/h6-11,15H,4-5,12-14H2,1-3H3. The maximum Gasteiger partial charge on any atom is 0.228 e. The van der Waals surface area contributed by atoms with E-state index in [1.54, 1.807) is 23.1 Å². The second-order valence-electron chi connectivity index (χ2n) is 7.22. The van der Waals surface area contributed by atoms with Gasteiger partial charge in [0.25, 0.3) is 0 Å². The summed E-state index contributed by atoms with van der Waals surface area (Å²) < 4.78 is 2.12. The van der Waals surface area contributed by atoms with Crippen molar-refractivity contribution in [3.8, 4) is 0 Å². The molecule has 154 valence electrons. The maximum absolute atomic E-state index is 13.0. The molecule has 29 heavy (non-hydrogen) atoms. The van der Waals surface area contributed by atoms with Crippen LogP contribution in [0.4, 0.5) is 5.13 Å². The Labute approximate surface area is 189 Å². The Morgan fingerprint density at radius 2 is 1.90 bits per heavy atom. The second-order valence-corrected chi connectivity index (χ2v) is 10.3. The van der Waals surface area contributed by atoms with E-state index < -0.39 is 0 Å². The average Bonchev–Trinajstić information content (AvgIpc) is 3.09. The number of thiazole rings is 1. The van der Waals surface area contributed by atoms with Crippen molar-refractivity contribution in [2.45, 2.75) is 24.7 Å². The number of fused-ring (bicyclic) bond motifs is 1. The van der Waals surface area contributed by atoms with Crippen molar-refractivity contribution in [1.82, 2.24) is 9.88 Å². The number of hydrogen-bond acceptors (Lipinski definition) is 5. The lowest BCUT2D eigenvalue weighted by Crippen LogP contribution is -2.36. The number of anilines is 1. The predicted octanol–water partition coefficient (Wildman–Crippen LogP) is 5.83. The number of benzene rings is 2. The minimum atomic E-state index is 0.148. The van der Waals surface area contributed by atoms with Gasteiger partial charge in [-0.2, -0.15) is 0 Å². The van der Waals surface area contributed by atoms with Gasteiger partial charge in [0.15, 0.2) is 5.13 Å². The monoisotopic (exact) mass is 491 g/mol. The Morgan fingerprint density at radius 1 is 1.14 bits per heavy atom. The molecule has 0 atom stereocenters. The van der Waals surface area contributed by atoms with Crippen molar-refractivity contribution in [3.05, 3.63) is 52.5 Å². The van der Waals surface area contributed by atoms with Gasteiger partial charge in [0.1, 0.15) is 0 Å². The fourth-order valence-electron chi connectivity index (χ4n) is 2.81. The van der Waals surface area contributed by atoms with Crippen LogP contribution in [0.1, 0.15) is 18.4 Å². The molecule has 7 heteroatoms. The van der Waals surface area contributed by atoms with Gasteiger partial charge in [0, 0.05) is 28.9 Å². The van der Waals surface area contributed by atoms with Crippen molar-refractivity contribution >= 4 is 60.3 Å². The molecular weight excluding hydrogens is 466 g/mol. The molecular formula is C22H26BrN3OS2. The number of amides is 1. The highest BCUT2D eigenvalue weighted by Gasteiger charge is 2.19. The molecule has 0 unspecified atom stereocenters. The minimum absolute atomic E-state index is 0.148. The quantitative estimate of drug-likeness (QED) is 0.278. The lowest BCUT2D eigenvalue weighted by molar-refractivity contribution is -0.118. The van der Waals surface area contributed by atoms with E-state index in [2.05, 4.69) is 58.1 Å². The van der Waals surface area contributed by atoms with Crippen molar-refractivity contribution in [2.24, 2.45) is 0 Å². The topological polar surface area (TPSA) is 36.4 Å². The first-order valence-corrected chi connectivity index (χ1v) is 12.2. The molecule has 0 radical (unpaired) electrons. The van der Waals surface area contributed by atoms with Gasteiger partial charge in [-0.1, -0.05) is 45.0 Å². The van der Waals surface area contributed by atoms with E-state index in [1.165, 1.54) is 10.5 Å². The van der Waals surface area contributed by atoms with Crippen LogP contribution in [0.2, 0.25) is 0 Å². The number of aryl methyl sites for hydroxylation is 1. The van der Waals surface area contributed by atoms with Crippen LogP contribution in [0.3, 0.4) is 0 Å². The van der Waals surface area contributed by atoms with E-state index in [4.69, 9.17) is 4.98 Å². The Hall–Kier alpha value is -1.41. The number of carbonyl (C=O) groups excluding carboxylic acids is 1. The predicted molar refractivity (Wildman–Crippen MR) is 129 cm³/mol. The van der Waals surface area contributed by atoms with E-state index in [1.807, 2.05) is 31.1 Å². The molecule has 3 aromatic rings. The molecule has 0 aliphatic carbocycles. The van der Waals surface area contributed by atoms with Crippen LogP contribution in [0.15, 0.2) is 51.8 Å². The van der Waals surface area contributed by atoms with Crippen molar-refractivity contribution in [1.29, 1.82) is 0 Å². The summed E-state index contributed by atoms with van der Waals surface area (Å²) in [5.74, 6) is 1.08. The maximum atomic E-state index is 13.0. The average molecular weight is 493 g/mol. The van der Waals surface area contributed by atoms with Gasteiger partial charge >= 0.3 is 0 Å². The molecule has 0 fully saturated rings. The number of hydrogen-bond donors (Lipinski definition) is 0. The van der Waals surface area contributed by atoms with Crippen LogP contribution in [-0.2, 0) is 4.79 Å². The van der Waals surface area contributed by atoms with E-state index in [0.717, 1.165) is 38.5 Å². The molecule has 0 N–H and O–H groups in total. The van der Waals surface area contributed by atoms with Crippen LogP contribution in [0.25, 0.3) is 10.2 Å². The molecule has 0 saturated heterocycles. The summed E-state index contributed by atoms with van der Waals surface area (Å²) in [5.41, 5.74) is 2.20. The summed E-state index contributed by atoms with van der Waals surface area (Å²) in [5, 5.41) is 0.788. The second kappa shape index (κ2) is 10.6. The van der Waals surface area contributed by atoms with Crippen molar-refractivity contribution in [2.75, 3.05) is 37.8 Å². The number of likely N-dealkylation sites (N-methyl/N-ethyl adjacent to an activating group) is 1. The zero-order valence-corrected chi connectivity index (χ0v) is 20.2.